The summed E-state index contributed by atoms with van der Waals surface area (Å²) in [6, 6.07) is 16.4. The Morgan fingerprint density at radius 3 is 2.77 bits per heavy atom. The molecule has 1 aliphatic carbocycles. The molecule has 0 aromatic heterocycles. The molecule has 6 nitrogen and oxygen atoms in total. The number of nitrogens with zero attached hydrogens (tertiary/aromatic N) is 1. The molecule has 0 radical (unpaired) electrons. The summed E-state index contributed by atoms with van der Waals surface area (Å²) in [5.41, 5.74) is 2.02. The van der Waals surface area contributed by atoms with Gasteiger partial charge in [0.05, 0.1) is 6.54 Å². The summed E-state index contributed by atoms with van der Waals surface area (Å²) in [6.45, 7) is 2.09. The number of carbonyl (C=O) groups is 1. The molecule has 0 unspecified atom stereocenters. The van der Waals surface area contributed by atoms with Crippen molar-refractivity contribution < 1.29 is 9.53 Å². The lowest BCUT2D eigenvalue weighted by atomic mass is 10.0. The zero-order valence-corrected chi connectivity index (χ0v) is 18.1. The Labute approximate surface area is 181 Å². The quantitative estimate of drug-likeness (QED) is 0.344. The number of nitrogens with one attached hydrogen (secondary N) is 3. The zero-order valence-electron chi connectivity index (χ0n) is 17.2. The maximum atomic E-state index is 11.5. The molecule has 1 heterocycles. The van der Waals surface area contributed by atoms with Gasteiger partial charge in [0.1, 0.15) is 12.4 Å². The molecule has 158 valence electrons. The summed E-state index contributed by atoms with van der Waals surface area (Å²) >= 11 is 1.95. The molecule has 2 aromatic rings. The molecule has 2 aromatic carbocycles. The Morgan fingerprint density at radius 2 is 2.00 bits per heavy atom. The standard InChI is InChI=1S/C23H28N4O2S/c1-24-22(26-16-23(11-12-23)30-19-5-3-2-4-6-19)25-13-14-29-18-8-9-20-17(15-18)7-10-21(28)27-20/h2-6,8-9,15H,7,10-14,16H2,1H3,(H,27,28)(H2,24,25,26). The number of anilines is 1. The average Bonchev–Trinajstić information content (AvgIpc) is 3.53. The molecular formula is C23H28N4O2S. The van der Waals surface area contributed by atoms with Crippen LogP contribution in [0.2, 0.25) is 0 Å². The monoisotopic (exact) mass is 424 g/mol. The molecule has 0 atom stereocenters. The van der Waals surface area contributed by atoms with Crippen LogP contribution < -0.4 is 20.7 Å². The third kappa shape index (κ3) is 5.48. The molecule has 0 saturated heterocycles. The number of rotatable bonds is 8. The van der Waals surface area contributed by atoms with Gasteiger partial charge in [-0.1, -0.05) is 18.2 Å². The fourth-order valence-corrected chi connectivity index (χ4v) is 4.69. The van der Waals surface area contributed by atoms with Gasteiger partial charge >= 0.3 is 0 Å². The molecule has 0 bridgehead atoms. The van der Waals surface area contributed by atoms with Crippen molar-refractivity contribution in [1.29, 1.82) is 0 Å². The minimum absolute atomic E-state index is 0.0781. The first kappa shape index (κ1) is 20.6. The van der Waals surface area contributed by atoms with Gasteiger partial charge in [-0.05, 0) is 55.2 Å². The van der Waals surface area contributed by atoms with Crippen molar-refractivity contribution in [3.63, 3.8) is 0 Å². The normalized spacial score (nSPS) is 17.0. The molecule has 2 aliphatic rings. The maximum Gasteiger partial charge on any atom is 0.224 e. The van der Waals surface area contributed by atoms with Gasteiger partial charge in [-0.2, -0.15) is 0 Å². The van der Waals surface area contributed by atoms with Crippen LogP contribution in [0.15, 0.2) is 58.4 Å². The first-order chi connectivity index (χ1) is 14.7. The molecule has 1 fully saturated rings. The number of benzene rings is 2. The lowest BCUT2D eigenvalue weighted by Crippen LogP contribution is -2.42. The fraction of sp³-hybridized carbons (Fsp3) is 0.391. The van der Waals surface area contributed by atoms with E-state index in [-0.39, 0.29) is 10.7 Å². The smallest absolute Gasteiger partial charge is 0.224 e. The highest BCUT2D eigenvalue weighted by Crippen LogP contribution is 2.51. The van der Waals surface area contributed by atoms with Crippen LogP contribution in [-0.4, -0.2) is 43.4 Å². The van der Waals surface area contributed by atoms with E-state index in [1.54, 1.807) is 7.05 Å². The predicted octanol–water partition coefficient (Wildman–Crippen LogP) is 3.44. The van der Waals surface area contributed by atoms with Crippen LogP contribution in [0.5, 0.6) is 5.75 Å². The Kier molecular flexibility index (Phi) is 6.47. The molecule has 1 saturated carbocycles. The number of hydrogen-bond donors (Lipinski definition) is 3. The van der Waals surface area contributed by atoms with Crippen molar-refractivity contribution in [1.82, 2.24) is 10.6 Å². The van der Waals surface area contributed by atoms with Gasteiger partial charge in [0.2, 0.25) is 5.91 Å². The van der Waals surface area contributed by atoms with Crippen molar-refractivity contribution in [3.8, 4) is 5.75 Å². The highest BCUT2D eigenvalue weighted by molar-refractivity contribution is 8.01. The predicted molar refractivity (Wildman–Crippen MR) is 123 cm³/mol. The van der Waals surface area contributed by atoms with Gasteiger partial charge in [0.25, 0.3) is 0 Å². The maximum absolute atomic E-state index is 11.5. The second-order valence-corrected chi connectivity index (χ2v) is 9.21. The fourth-order valence-electron chi connectivity index (χ4n) is 3.45. The second-order valence-electron chi connectivity index (χ2n) is 7.67. The molecule has 1 amide bonds. The number of hydrogen-bond acceptors (Lipinski definition) is 4. The Balaban J connectivity index is 1.19. The summed E-state index contributed by atoms with van der Waals surface area (Å²) in [5.74, 6) is 1.70. The van der Waals surface area contributed by atoms with Gasteiger partial charge in [-0.25, -0.2) is 0 Å². The molecule has 0 spiro atoms. The average molecular weight is 425 g/mol. The van der Waals surface area contributed by atoms with Gasteiger partial charge in [0, 0.05) is 35.3 Å². The van der Waals surface area contributed by atoms with E-state index in [1.165, 1.54) is 17.7 Å². The first-order valence-corrected chi connectivity index (χ1v) is 11.2. The lowest BCUT2D eigenvalue weighted by Gasteiger charge is -2.19. The van der Waals surface area contributed by atoms with Crippen LogP contribution in [0.3, 0.4) is 0 Å². The van der Waals surface area contributed by atoms with E-state index >= 15 is 0 Å². The van der Waals surface area contributed by atoms with Crippen LogP contribution in [-0.2, 0) is 11.2 Å². The number of amides is 1. The van der Waals surface area contributed by atoms with Gasteiger partial charge < -0.3 is 20.7 Å². The SMILES string of the molecule is CN=C(NCCOc1ccc2c(c1)CCC(=O)N2)NCC1(Sc2ccccc2)CC1. The van der Waals surface area contributed by atoms with E-state index in [2.05, 4.69) is 51.3 Å². The van der Waals surface area contributed by atoms with E-state index in [9.17, 15) is 4.79 Å². The van der Waals surface area contributed by atoms with Crippen molar-refractivity contribution in [2.75, 3.05) is 32.1 Å². The summed E-state index contributed by atoms with van der Waals surface area (Å²) in [5, 5.41) is 9.67. The van der Waals surface area contributed by atoms with Crippen molar-refractivity contribution in [3.05, 3.63) is 54.1 Å². The summed E-state index contributed by atoms with van der Waals surface area (Å²) in [6.07, 6.45) is 3.73. The van der Waals surface area contributed by atoms with Gasteiger partial charge in [-0.3, -0.25) is 9.79 Å². The number of carbonyl (C=O) groups excluding carboxylic acids is 1. The van der Waals surface area contributed by atoms with E-state index < -0.39 is 0 Å². The zero-order chi connectivity index (χ0) is 20.8. The van der Waals surface area contributed by atoms with E-state index in [0.717, 1.165) is 35.9 Å². The van der Waals surface area contributed by atoms with Crippen LogP contribution in [0.4, 0.5) is 5.69 Å². The minimum atomic E-state index is 0.0781. The van der Waals surface area contributed by atoms with E-state index in [1.807, 2.05) is 30.0 Å². The Morgan fingerprint density at radius 1 is 1.17 bits per heavy atom. The highest BCUT2D eigenvalue weighted by atomic mass is 32.2. The molecular weight excluding hydrogens is 396 g/mol. The number of ether oxygens (including phenoxy) is 1. The van der Waals surface area contributed by atoms with Gasteiger partial charge in [-0.15, -0.1) is 11.8 Å². The molecule has 3 N–H and O–H groups in total. The van der Waals surface area contributed by atoms with Crippen molar-refractivity contribution >= 4 is 29.3 Å². The van der Waals surface area contributed by atoms with Gasteiger partial charge in [0.15, 0.2) is 5.96 Å². The van der Waals surface area contributed by atoms with E-state index in [0.29, 0.717) is 19.6 Å². The first-order valence-electron chi connectivity index (χ1n) is 10.4. The second kappa shape index (κ2) is 9.43. The number of guanidine groups is 1. The van der Waals surface area contributed by atoms with Crippen LogP contribution in [0, 0.1) is 0 Å². The van der Waals surface area contributed by atoms with Crippen LogP contribution in [0.1, 0.15) is 24.8 Å². The summed E-state index contributed by atoms with van der Waals surface area (Å²) in [7, 11) is 1.79. The molecule has 7 heteroatoms. The molecule has 1 aliphatic heterocycles. The molecule has 30 heavy (non-hydrogen) atoms. The van der Waals surface area contributed by atoms with Crippen molar-refractivity contribution in [2.45, 2.75) is 35.3 Å². The van der Waals surface area contributed by atoms with Crippen molar-refractivity contribution in [2.24, 2.45) is 4.99 Å². The minimum Gasteiger partial charge on any atom is -0.492 e. The number of thioether (sulfide) groups is 1. The summed E-state index contributed by atoms with van der Waals surface area (Å²) in [4.78, 5) is 17.1. The van der Waals surface area contributed by atoms with Crippen LogP contribution in [0.25, 0.3) is 0 Å². The third-order valence-corrected chi connectivity index (χ3v) is 6.82. The Hall–Kier alpha value is -2.67. The summed E-state index contributed by atoms with van der Waals surface area (Å²) < 4.78 is 6.14. The highest BCUT2D eigenvalue weighted by Gasteiger charge is 2.43. The number of fused-ring (bicyclic) bond motifs is 1. The topological polar surface area (TPSA) is 74.8 Å². The Bertz CT molecular complexity index is 913. The number of aryl methyl sites for hydroxylation is 1. The number of aliphatic imine (C=N–C) groups is 1. The van der Waals surface area contributed by atoms with Crippen LogP contribution >= 0.6 is 11.8 Å². The lowest BCUT2D eigenvalue weighted by molar-refractivity contribution is -0.116. The largest absolute Gasteiger partial charge is 0.492 e. The third-order valence-electron chi connectivity index (χ3n) is 5.32. The van der Waals surface area contributed by atoms with E-state index in [4.69, 9.17) is 4.74 Å². The molecule has 4 rings (SSSR count).